The van der Waals surface area contributed by atoms with Gasteiger partial charge in [0.25, 0.3) is 0 Å². The third-order valence-corrected chi connectivity index (χ3v) is 3.88. The summed E-state index contributed by atoms with van der Waals surface area (Å²) < 4.78 is 30.4. The van der Waals surface area contributed by atoms with Gasteiger partial charge in [0.15, 0.2) is 5.82 Å². The van der Waals surface area contributed by atoms with E-state index in [1.165, 1.54) is 6.07 Å². The lowest BCUT2D eigenvalue weighted by Gasteiger charge is -1.96. The standard InChI is InChI=1S/C17H12F2N2/c1-21-9-11(10-5-2-3-8-14(10)21)17-16(19)15-12(18)6-4-7-13(15)20-17/h2-9,20H,1H3. The van der Waals surface area contributed by atoms with Gasteiger partial charge < -0.3 is 9.55 Å². The Bertz CT molecular complexity index is 979. The fourth-order valence-electron chi connectivity index (χ4n) is 2.89. The number of para-hydroxylation sites is 1. The molecular formula is C17H12F2N2. The molecule has 0 aliphatic heterocycles. The molecule has 4 aromatic rings. The lowest BCUT2D eigenvalue weighted by Crippen LogP contribution is -1.82. The van der Waals surface area contributed by atoms with Gasteiger partial charge in [0.1, 0.15) is 5.82 Å². The van der Waals surface area contributed by atoms with Gasteiger partial charge in [-0.3, -0.25) is 0 Å². The predicted molar refractivity (Wildman–Crippen MR) is 80.1 cm³/mol. The Kier molecular flexibility index (Phi) is 2.42. The summed E-state index contributed by atoms with van der Waals surface area (Å²) in [6.07, 6.45) is 1.86. The van der Waals surface area contributed by atoms with Crippen molar-refractivity contribution < 1.29 is 8.78 Å². The van der Waals surface area contributed by atoms with Crippen molar-refractivity contribution >= 4 is 21.8 Å². The van der Waals surface area contributed by atoms with Crippen LogP contribution in [0.1, 0.15) is 0 Å². The molecule has 0 spiro atoms. The van der Waals surface area contributed by atoms with Gasteiger partial charge in [0, 0.05) is 29.7 Å². The number of H-pyrrole nitrogens is 1. The molecule has 0 bridgehead atoms. The van der Waals surface area contributed by atoms with Gasteiger partial charge >= 0.3 is 0 Å². The van der Waals surface area contributed by atoms with Crippen molar-refractivity contribution in [1.82, 2.24) is 9.55 Å². The smallest absolute Gasteiger partial charge is 0.159 e. The number of aromatic nitrogens is 2. The number of hydrogen-bond donors (Lipinski definition) is 1. The third kappa shape index (κ3) is 1.62. The molecule has 0 aliphatic rings. The maximum absolute atomic E-state index is 14.6. The Morgan fingerprint density at radius 1 is 1.00 bits per heavy atom. The second-order valence-electron chi connectivity index (χ2n) is 5.15. The number of rotatable bonds is 1. The number of benzene rings is 2. The largest absolute Gasteiger partial charge is 0.352 e. The van der Waals surface area contributed by atoms with Gasteiger partial charge in [-0.2, -0.15) is 0 Å². The van der Waals surface area contributed by atoms with Crippen LogP contribution in [0.4, 0.5) is 8.78 Å². The highest BCUT2D eigenvalue weighted by molar-refractivity contribution is 5.98. The molecule has 0 saturated heterocycles. The second-order valence-corrected chi connectivity index (χ2v) is 5.15. The van der Waals surface area contributed by atoms with Crippen LogP contribution in [0.3, 0.4) is 0 Å². The molecule has 0 saturated carbocycles. The van der Waals surface area contributed by atoms with Crippen molar-refractivity contribution in [3.8, 4) is 11.3 Å². The van der Waals surface area contributed by atoms with Crippen LogP contribution in [0, 0.1) is 11.6 Å². The summed E-state index contributed by atoms with van der Waals surface area (Å²) in [5.41, 5.74) is 2.54. The maximum atomic E-state index is 14.6. The zero-order valence-electron chi connectivity index (χ0n) is 11.3. The highest BCUT2D eigenvalue weighted by Gasteiger charge is 2.19. The summed E-state index contributed by atoms with van der Waals surface area (Å²) in [5, 5.41) is 0.950. The highest BCUT2D eigenvalue weighted by atomic mass is 19.1. The van der Waals surface area contributed by atoms with Crippen LogP contribution in [-0.4, -0.2) is 9.55 Å². The van der Waals surface area contributed by atoms with Crippen molar-refractivity contribution in [2.75, 3.05) is 0 Å². The Morgan fingerprint density at radius 3 is 2.62 bits per heavy atom. The van der Waals surface area contributed by atoms with E-state index in [4.69, 9.17) is 0 Å². The van der Waals surface area contributed by atoms with E-state index in [0.29, 0.717) is 11.2 Å². The first-order chi connectivity index (χ1) is 10.2. The van der Waals surface area contributed by atoms with Crippen molar-refractivity contribution in [1.29, 1.82) is 0 Å². The topological polar surface area (TPSA) is 20.7 Å². The first kappa shape index (κ1) is 12.1. The Hall–Kier alpha value is -2.62. The summed E-state index contributed by atoms with van der Waals surface area (Å²) in [5.74, 6) is -1.09. The van der Waals surface area contributed by atoms with Gasteiger partial charge in [0.2, 0.25) is 0 Å². The number of aryl methyl sites for hydroxylation is 1. The van der Waals surface area contributed by atoms with Crippen LogP contribution in [0.15, 0.2) is 48.7 Å². The molecule has 0 aliphatic carbocycles. The van der Waals surface area contributed by atoms with Gasteiger partial charge in [-0.1, -0.05) is 24.3 Å². The van der Waals surface area contributed by atoms with E-state index in [2.05, 4.69) is 4.98 Å². The van der Waals surface area contributed by atoms with Gasteiger partial charge in [-0.25, -0.2) is 8.78 Å². The van der Waals surface area contributed by atoms with Gasteiger partial charge in [0.05, 0.1) is 16.6 Å². The monoisotopic (exact) mass is 282 g/mol. The van der Waals surface area contributed by atoms with Crippen LogP contribution in [-0.2, 0) is 7.05 Å². The van der Waals surface area contributed by atoms with E-state index in [1.54, 1.807) is 12.1 Å². The molecule has 2 nitrogen and oxygen atoms in total. The molecule has 2 heterocycles. The lowest BCUT2D eigenvalue weighted by molar-refractivity contribution is 0.612. The van der Waals surface area contributed by atoms with Crippen molar-refractivity contribution in [2.24, 2.45) is 7.05 Å². The Labute approximate surface area is 119 Å². The Balaban J connectivity index is 2.10. The molecule has 0 amide bonds. The van der Waals surface area contributed by atoms with E-state index >= 15 is 0 Å². The molecule has 4 rings (SSSR count). The van der Waals surface area contributed by atoms with E-state index in [0.717, 1.165) is 16.5 Å². The molecule has 2 aromatic heterocycles. The molecule has 0 unspecified atom stereocenters. The average molecular weight is 282 g/mol. The zero-order chi connectivity index (χ0) is 14.6. The normalized spacial score (nSPS) is 11.6. The van der Waals surface area contributed by atoms with E-state index in [-0.39, 0.29) is 5.39 Å². The number of aromatic amines is 1. The van der Waals surface area contributed by atoms with Gasteiger partial charge in [-0.15, -0.1) is 0 Å². The number of hydrogen-bond acceptors (Lipinski definition) is 0. The summed E-state index contributed by atoms with van der Waals surface area (Å²) in [6, 6.07) is 12.3. The molecule has 104 valence electrons. The number of halogens is 2. The fourth-order valence-corrected chi connectivity index (χ4v) is 2.89. The Morgan fingerprint density at radius 2 is 1.81 bits per heavy atom. The molecule has 2 aromatic carbocycles. The van der Waals surface area contributed by atoms with Crippen LogP contribution in [0.5, 0.6) is 0 Å². The summed E-state index contributed by atoms with van der Waals surface area (Å²) in [6.45, 7) is 0. The van der Waals surface area contributed by atoms with Crippen LogP contribution in [0.25, 0.3) is 33.1 Å². The van der Waals surface area contributed by atoms with Crippen LogP contribution < -0.4 is 0 Å². The minimum Gasteiger partial charge on any atom is -0.352 e. The van der Waals surface area contributed by atoms with Crippen molar-refractivity contribution in [3.63, 3.8) is 0 Å². The summed E-state index contributed by atoms with van der Waals surface area (Å²) in [7, 11) is 1.91. The van der Waals surface area contributed by atoms with Crippen LogP contribution in [0.2, 0.25) is 0 Å². The molecule has 1 N–H and O–H groups in total. The molecule has 4 heteroatoms. The molecule has 0 atom stereocenters. The van der Waals surface area contributed by atoms with Crippen LogP contribution >= 0.6 is 0 Å². The molecule has 21 heavy (non-hydrogen) atoms. The first-order valence-electron chi connectivity index (χ1n) is 6.67. The average Bonchev–Trinajstić information content (AvgIpc) is 2.99. The second kappa shape index (κ2) is 4.19. The minimum atomic E-state index is -0.548. The zero-order valence-corrected chi connectivity index (χ0v) is 11.3. The van der Waals surface area contributed by atoms with E-state index < -0.39 is 11.6 Å². The molecule has 0 radical (unpaired) electrons. The first-order valence-corrected chi connectivity index (χ1v) is 6.67. The lowest BCUT2D eigenvalue weighted by atomic mass is 10.1. The molecular weight excluding hydrogens is 270 g/mol. The summed E-state index contributed by atoms with van der Waals surface area (Å²) in [4.78, 5) is 3.00. The van der Waals surface area contributed by atoms with Crippen molar-refractivity contribution in [3.05, 3.63) is 60.3 Å². The van der Waals surface area contributed by atoms with Gasteiger partial charge in [-0.05, 0) is 18.2 Å². The van der Waals surface area contributed by atoms with E-state index in [1.807, 2.05) is 42.1 Å². The minimum absolute atomic E-state index is 0.0143. The SMILES string of the molecule is Cn1cc(-c2[nH]c3cccc(F)c3c2F)c2ccccc21. The van der Waals surface area contributed by atoms with E-state index in [9.17, 15) is 8.78 Å². The summed E-state index contributed by atoms with van der Waals surface area (Å²) >= 11 is 0. The molecule has 0 fully saturated rings. The fraction of sp³-hybridized carbons (Fsp3) is 0.0588. The highest BCUT2D eigenvalue weighted by Crippen LogP contribution is 2.35. The maximum Gasteiger partial charge on any atom is 0.159 e. The van der Waals surface area contributed by atoms with Crippen molar-refractivity contribution in [2.45, 2.75) is 0 Å². The third-order valence-electron chi connectivity index (χ3n) is 3.88. The number of nitrogens with one attached hydrogen (secondary N) is 1. The predicted octanol–water partition coefficient (Wildman–Crippen LogP) is 4.60. The number of fused-ring (bicyclic) bond motifs is 2. The number of nitrogens with zero attached hydrogens (tertiary/aromatic N) is 1. The quantitative estimate of drug-likeness (QED) is 0.526.